The van der Waals surface area contributed by atoms with Crippen molar-refractivity contribution >= 4 is 33.6 Å². The Hall–Kier alpha value is -2.35. The maximum atomic E-state index is 12.9. The first-order valence-corrected chi connectivity index (χ1v) is 15.8. The Kier molecular flexibility index (Phi) is 10.6. The lowest BCUT2D eigenvalue weighted by Crippen LogP contribution is -2.51. The molecule has 41 heavy (non-hydrogen) atoms. The van der Waals surface area contributed by atoms with Crippen LogP contribution >= 0.6 is 11.6 Å². The van der Waals surface area contributed by atoms with Gasteiger partial charge in [-0.25, -0.2) is 9.78 Å². The molecule has 0 bridgehead atoms. The number of hydrogen-bond donors (Lipinski definition) is 2. The highest BCUT2D eigenvalue weighted by Gasteiger charge is 2.24. The van der Waals surface area contributed by atoms with Gasteiger partial charge in [-0.1, -0.05) is 24.9 Å². The zero-order valence-corrected chi connectivity index (χ0v) is 25.8. The van der Waals surface area contributed by atoms with Gasteiger partial charge < -0.3 is 14.8 Å². The lowest BCUT2D eigenvalue weighted by molar-refractivity contribution is 0.0488. The summed E-state index contributed by atoms with van der Waals surface area (Å²) in [5.74, 6) is 0.157. The number of halogens is 1. The quantitative estimate of drug-likeness (QED) is 0.313. The second-order valence-electron chi connectivity index (χ2n) is 11.0. The number of hydrogen-bond acceptors (Lipinski definition) is 8. The summed E-state index contributed by atoms with van der Waals surface area (Å²) in [7, 11) is 0.141. The van der Waals surface area contributed by atoms with Crippen molar-refractivity contribution in [2.45, 2.75) is 63.8 Å². The summed E-state index contributed by atoms with van der Waals surface area (Å²) in [6.45, 7) is 10.2. The van der Waals surface area contributed by atoms with Crippen molar-refractivity contribution in [2.24, 2.45) is 7.05 Å². The number of benzene rings is 1. The number of aliphatic hydroxyl groups is 2. The highest BCUT2D eigenvalue weighted by Crippen LogP contribution is 2.24. The van der Waals surface area contributed by atoms with Crippen LogP contribution in [0.3, 0.4) is 0 Å². The molecule has 1 aliphatic heterocycles. The van der Waals surface area contributed by atoms with E-state index < -0.39 is 28.6 Å². The van der Waals surface area contributed by atoms with E-state index in [1.165, 1.54) is 17.9 Å². The van der Waals surface area contributed by atoms with Gasteiger partial charge in [0.1, 0.15) is 0 Å². The summed E-state index contributed by atoms with van der Waals surface area (Å²) in [6, 6.07) is 3.63. The molecule has 0 aliphatic carbocycles. The Morgan fingerprint density at radius 3 is 2.17 bits per heavy atom. The predicted molar refractivity (Wildman–Crippen MR) is 161 cm³/mol. The molecule has 3 atom stereocenters. The lowest BCUT2D eigenvalue weighted by Gasteiger charge is -2.36. The van der Waals surface area contributed by atoms with Gasteiger partial charge in [-0.2, -0.15) is 0 Å². The summed E-state index contributed by atoms with van der Waals surface area (Å²) >= 11 is 6.22. The molecular formula is C28H41ClN6O5S. The van der Waals surface area contributed by atoms with Crippen molar-refractivity contribution < 1.29 is 14.4 Å². The topological polar surface area (TPSA) is 126 Å². The predicted octanol–water partition coefficient (Wildman–Crippen LogP) is 1.11. The minimum Gasteiger partial charge on any atom is -0.391 e. The minimum atomic E-state index is -1.32. The third-order valence-corrected chi connectivity index (χ3v) is 9.71. The van der Waals surface area contributed by atoms with Crippen molar-refractivity contribution in [1.82, 2.24) is 28.5 Å². The molecular weight excluding hydrogens is 568 g/mol. The largest absolute Gasteiger partial charge is 0.391 e. The zero-order valence-electron chi connectivity index (χ0n) is 24.3. The molecule has 4 rings (SSSR count). The van der Waals surface area contributed by atoms with E-state index in [9.17, 15) is 24.0 Å². The van der Waals surface area contributed by atoms with Crippen LogP contribution in [-0.4, -0.2) is 100 Å². The van der Waals surface area contributed by atoms with Crippen molar-refractivity contribution in [3.63, 3.8) is 0 Å². The fourth-order valence-corrected chi connectivity index (χ4v) is 6.73. The highest BCUT2D eigenvalue weighted by molar-refractivity contribution is 7.85. The molecule has 1 aromatic carbocycles. The van der Waals surface area contributed by atoms with Gasteiger partial charge in [0.15, 0.2) is 11.2 Å². The average molecular weight is 609 g/mol. The van der Waals surface area contributed by atoms with Crippen LogP contribution in [-0.2, 0) is 30.9 Å². The Balaban J connectivity index is 1.29. The van der Waals surface area contributed by atoms with Crippen LogP contribution in [0.2, 0.25) is 5.02 Å². The minimum absolute atomic E-state index is 0.157. The van der Waals surface area contributed by atoms with Crippen LogP contribution in [0.4, 0.5) is 0 Å². The molecule has 13 heteroatoms. The smallest absolute Gasteiger partial charge is 0.332 e. The summed E-state index contributed by atoms with van der Waals surface area (Å²) in [6.07, 6.45) is 1.76. The number of β-amino-alcohol motifs (C(OH)–C–C–N with tert-alkyl or cyclic N) is 2. The van der Waals surface area contributed by atoms with E-state index in [1.54, 1.807) is 4.57 Å². The zero-order chi connectivity index (χ0) is 29.8. The number of imidazole rings is 1. The Bertz CT molecular complexity index is 1490. The average Bonchev–Trinajstić information content (AvgIpc) is 3.34. The van der Waals surface area contributed by atoms with Gasteiger partial charge >= 0.3 is 5.69 Å². The highest BCUT2D eigenvalue weighted by atomic mass is 35.5. The summed E-state index contributed by atoms with van der Waals surface area (Å²) in [5, 5.41) is 22.2. The number of aromatic nitrogens is 4. The molecule has 3 unspecified atom stereocenters. The molecule has 11 nitrogen and oxygen atoms in total. The Labute approximate surface area is 247 Å². The van der Waals surface area contributed by atoms with Gasteiger partial charge in [0.05, 0.1) is 41.6 Å². The van der Waals surface area contributed by atoms with Crippen molar-refractivity contribution in [1.29, 1.82) is 0 Å². The third-order valence-electron chi connectivity index (χ3n) is 7.66. The van der Waals surface area contributed by atoms with Crippen molar-refractivity contribution in [3.8, 4) is 0 Å². The van der Waals surface area contributed by atoms with Crippen LogP contribution in [0.25, 0.3) is 11.2 Å². The third kappa shape index (κ3) is 7.36. The van der Waals surface area contributed by atoms with E-state index in [0.717, 1.165) is 28.5 Å². The van der Waals surface area contributed by atoms with E-state index >= 15 is 0 Å². The maximum Gasteiger partial charge on any atom is 0.332 e. The monoisotopic (exact) mass is 608 g/mol. The number of aliphatic hydroxyl groups excluding tert-OH is 2. The number of fused-ring (bicyclic) bond motifs is 1. The molecule has 1 saturated heterocycles. The fraction of sp³-hybridized carbons (Fsp3) is 0.607. The molecule has 3 aromatic rings. The van der Waals surface area contributed by atoms with Crippen molar-refractivity contribution in [3.05, 3.63) is 55.4 Å². The number of nitrogens with zero attached hydrogens (tertiary/aromatic N) is 6. The van der Waals surface area contributed by atoms with Gasteiger partial charge in [0.2, 0.25) is 0 Å². The lowest BCUT2D eigenvalue weighted by atomic mass is 10.2. The number of aryl methyl sites for hydroxylation is 3. The first-order valence-electron chi connectivity index (χ1n) is 14.1. The summed E-state index contributed by atoms with van der Waals surface area (Å²) < 4.78 is 17.1. The maximum absolute atomic E-state index is 12.9. The van der Waals surface area contributed by atoms with E-state index in [0.29, 0.717) is 66.9 Å². The van der Waals surface area contributed by atoms with Crippen LogP contribution < -0.4 is 11.2 Å². The normalized spacial score (nSPS) is 17.2. The van der Waals surface area contributed by atoms with E-state index in [2.05, 4.69) is 14.8 Å². The number of unbranched alkanes of at least 4 members (excludes halogenated alkanes) is 1. The second-order valence-corrected chi connectivity index (χ2v) is 12.9. The van der Waals surface area contributed by atoms with Crippen LogP contribution in [0, 0.1) is 13.8 Å². The number of rotatable bonds is 12. The van der Waals surface area contributed by atoms with E-state index in [1.807, 2.05) is 32.9 Å². The van der Waals surface area contributed by atoms with Crippen LogP contribution in [0.15, 0.2) is 32.9 Å². The molecule has 0 saturated carbocycles. The number of piperazine rings is 1. The summed E-state index contributed by atoms with van der Waals surface area (Å²) in [5.41, 5.74) is 1.62. The fourth-order valence-electron chi connectivity index (χ4n) is 5.36. The van der Waals surface area contributed by atoms with E-state index in [4.69, 9.17) is 11.6 Å². The van der Waals surface area contributed by atoms with Gasteiger partial charge in [-0.15, -0.1) is 0 Å². The Morgan fingerprint density at radius 1 is 1.00 bits per heavy atom. The van der Waals surface area contributed by atoms with Gasteiger partial charge in [0, 0.05) is 62.8 Å². The van der Waals surface area contributed by atoms with Crippen LogP contribution in [0.5, 0.6) is 0 Å². The SMILES string of the molecule is CCCCn1c(=O)n(C)c(=O)c2c1ncn2CC(O)CN1CCN(CC(O)CS(=O)c2cc(C)c(Cl)c(C)c2)CC1. The first-order chi connectivity index (χ1) is 19.5. The molecule has 1 aliphatic rings. The van der Waals surface area contributed by atoms with Crippen LogP contribution in [0.1, 0.15) is 30.9 Å². The molecule has 226 valence electrons. The first kappa shape index (κ1) is 31.6. The Morgan fingerprint density at radius 2 is 1.59 bits per heavy atom. The van der Waals surface area contributed by atoms with Gasteiger partial charge in [0.25, 0.3) is 5.56 Å². The standard InChI is InChI=1S/C28H41ClN6O5S/c1-5-6-7-35-26-25(27(38)31(4)28(35)39)34(18-30-26)16-21(36)14-32-8-10-33(11-9-32)15-22(37)17-41(40)23-12-19(2)24(29)20(3)13-23/h12-13,18,21-22,36-37H,5-11,14-17H2,1-4H3. The summed E-state index contributed by atoms with van der Waals surface area (Å²) in [4.78, 5) is 34.8. The molecule has 2 N–H and O–H groups in total. The molecule has 2 aromatic heterocycles. The molecule has 1 fully saturated rings. The van der Waals surface area contributed by atoms with E-state index in [-0.39, 0.29) is 18.0 Å². The second kappa shape index (κ2) is 13.7. The molecule has 0 spiro atoms. The molecule has 3 heterocycles. The van der Waals surface area contributed by atoms with Gasteiger partial charge in [-0.05, 0) is 43.5 Å². The molecule has 0 radical (unpaired) electrons. The van der Waals surface area contributed by atoms with Gasteiger partial charge in [-0.3, -0.25) is 27.9 Å². The van der Waals surface area contributed by atoms with Crippen molar-refractivity contribution in [2.75, 3.05) is 45.0 Å². The molecule has 0 amide bonds.